The molecule has 1 heterocycles. The monoisotopic (exact) mass is 171 g/mol. The molecule has 0 radical (unpaired) electrons. The van der Waals surface area contributed by atoms with Crippen molar-refractivity contribution in [2.75, 3.05) is 0 Å². The Morgan fingerprint density at radius 3 is 2.50 bits per heavy atom. The zero-order valence-corrected chi connectivity index (χ0v) is 7.46. The summed E-state index contributed by atoms with van der Waals surface area (Å²) in [5, 5.41) is 2.47. The summed E-state index contributed by atoms with van der Waals surface area (Å²) in [5.74, 6) is -0.0483. The number of amides is 1. The maximum atomic E-state index is 11.4. The van der Waals surface area contributed by atoms with E-state index in [4.69, 9.17) is 4.74 Å². The van der Waals surface area contributed by atoms with Gasteiger partial charge in [-0.3, -0.25) is 4.79 Å². The van der Waals surface area contributed by atoms with E-state index < -0.39 is 12.1 Å². The standard InChI is InChI=1S/C8H13NO3/c1-4(2)7(10)6-5(3)12-8(11)9-6/h4-6H,1-3H3,(H,9,11)/t5-,6?/m1/s1. The van der Waals surface area contributed by atoms with Crippen LogP contribution in [0.1, 0.15) is 20.8 Å². The van der Waals surface area contributed by atoms with E-state index in [2.05, 4.69) is 5.32 Å². The lowest BCUT2D eigenvalue weighted by molar-refractivity contribution is -0.124. The molecule has 0 spiro atoms. The van der Waals surface area contributed by atoms with Crippen molar-refractivity contribution in [3.05, 3.63) is 0 Å². The van der Waals surface area contributed by atoms with Crippen LogP contribution in [0.4, 0.5) is 4.79 Å². The second kappa shape index (κ2) is 3.13. The van der Waals surface area contributed by atoms with Gasteiger partial charge >= 0.3 is 6.09 Å². The molecule has 1 aliphatic heterocycles. The summed E-state index contributed by atoms with van der Waals surface area (Å²) in [6.07, 6.45) is -0.839. The second-order valence-corrected chi connectivity index (χ2v) is 3.29. The highest BCUT2D eigenvalue weighted by molar-refractivity contribution is 5.91. The number of hydrogen-bond donors (Lipinski definition) is 1. The van der Waals surface area contributed by atoms with Gasteiger partial charge in [0.25, 0.3) is 0 Å². The van der Waals surface area contributed by atoms with E-state index in [9.17, 15) is 9.59 Å². The summed E-state index contributed by atoms with van der Waals surface area (Å²) >= 11 is 0. The molecule has 0 aromatic rings. The van der Waals surface area contributed by atoms with Gasteiger partial charge in [0.1, 0.15) is 12.1 Å². The molecule has 0 bridgehead atoms. The summed E-state index contributed by atoms with van der Waals surface area (Å²) in [6, 6.07) is -0.461. The summed E-state index contributed by atoms with van der Waals surface area (Å²) in [5.41, 5.74) is 0. The Kier molecular flexibility index (Phi) is 2.35. The summed E-state index contributed by atoms with van der Waals surface area (Å²) in [6.45, 7) is 5.32. The van der Waals surface area contributed by atoms with E-state index >= 15 is 0 Å². The van der Waals surface area contributed by atoms with Gasteiger partial charge in [0.2, 0.25) is 0 Å². The maximum Gasteiger partial charge on any atom is 0.408 e. The van der Waals surface area contributed by atoms with Crippen molar-refractivity contribution in [1.82, 2.24) is 5.32 Å². The highest BCUT2D eigenvalue weighted by Gasteiger charge is 2.36. The van der Waals surface area contributed by atoms with Crippen LogP contribution in [0.15, 0.2) is 0 Å². The van der Waals surface area contributed by atoms with Crippen LogP contribution in [0, 0.1) is 5.92 Å². The van der Waals surface area contributed by atoms with Gasteiger partial charge in [-0.2, -0.15) is 0 Å². The van der Waals surface area contributed by atoms with Gasteiger partial charge in [0.05, 0.1) is 0 Å². The van der Waals surface area contributed by atoms with Gasteiger partial charge in [-0.15, -0.1) is 0 Å². The van der Waals surface area contributed by atoms with Crippen molar-refractivity contribution in [2.24, 2.45) is 5.92 Å². The van der Waals surface area contributed by atoms with E-state index in [1.54, 1.807) is 20.8 Å². The number of ketones is 1. The quantitative estimate of drug-likeness (QED) is 0.665. The summed E-state index contributed by atoms with van der Waals surface area (Å²) in [4.78, 5) is 22.1. The molecular formula is C8H13NO3. The van der Waals surface area contributed by atoms with E-state index in [-0.39, 0.29) is 17.8 Å². The second-order valence-electron chi connectivity index (χ2n) is 3.29. The SMILES string of the molecule is CC(C)C(=O)C1NC(=O)O[C@@H]1C. The molecule has 0 aromatic heterocycles. The molecule has 1 fully saturated rings. The van der Waals surface area contributed by atoms with Crippen LogP contribution in [-0.2, 0) is 9.53 Å². The number of carbonyl (C=O) groups excluding carboxylic acids is 2. The average Bonchev–Trinajstić information content (AvgIpc) is 2.28. The first kappa shape index (κ1) is 9.03. The molecule has 0 aromatic carbocycles. The van der Waals surface area contributed by atoms with Gasteiger partial charge in [-0.1, -0.05) is 13.8 Å². The van der Waals surface area contributed by atoms with Crippen molar-refractivity contribution < 1.29 is 14.3 Å². The summed E-state index contributed by atoms with van der Waals surface area (Å²) < 4.78 is 4.77. The highest BCUT2D eigenvalue weighted by atomic mass is 16.6. The third-order valence-corrected chi connectivity index (χ3v) is 1.91. The molecule has 1 rings (SSSR count). The fraction of sp³-hybridized carbons (Fsp3) is 0.750. The summed E-state index contributed by atoms with van der Waals surface area (Å²) in [7, 11) is 0. The molecule has 12 heavy (non-hydrogen) atoms. The number of rotatable bonds is 2. The van der Waals surface area contributed by atoms with E-state index in [0.717, 1.165) is 0 Å². The first-order chi connectivity index (χ1) is 5.52. The Balaban J connectivity index is 2.64. The van der Waals surface area contributed by atoms with Crippen LogP contribution in [0.3, 0.4) is 0 Å². The van der Waals surface area contributed by atoms with Gasteiger partial charge in [-0.05, 0) is 6.92 Å². The smallest absolute Gasteiger partial charge is 0.408 e. The lowest BCUT2D eigenvalue weighted by Crippen LogP contribution is -2.40. The van der Waals surface area contributed by atoms with Crippen molar-refractivity contribution in [3.8, 4) is 0 Å². The number of cyclic esters (lactones) is 1. The molecule has 1 amide bonds. The molecule has 1 saturated heterocycles. The van der Waals surface area contributed by atoms with Crippen molar-refractivity contribution in [2.45, 2.75) is 32.9 Å². The largest absolute Gasteiger partial charge is 0.444 e. The molecule has 1 unspecified atom stereocenters. The number of ether oxygens (including phenoxy) is 1. The maximum absolute atomic E-state index is 11.4. The molecule has 68 valence electrons. The predicted octanol–water partition coefficient (Wildman–Crippen LogP) is 0.708. The molecule has 0 saturated carbocycles. The minimum absolute atomic E-state index is 0.0216. The van der Waals surface area contributed by atoms with Gasteiger partial charge in [0, 0.05) is 5.92 Å². The third kappa shape index (κ3) is 1.57. The molecule has 1 aliphatic rings. The lowest BCUT2D eigenvalue weighted by Gasteiger charge is -2.13. The van der Waals surface area contributed by atoms with Crippen LogP contribution in [-0.4, -0.2) is 24.0 Å². The Labute approximate surface area is 71.3 Å². The number of nitrogens with one attached hydrogen (secondary N) is 1. The van der Waals surface area contributed by atoms with Crippen molar-refractivity contribution >= 4 is 11.9 Å². The molecule has 2 atom stereocenters. The van der Waals surface area contributed by atoms with Crippen LogP contribution in [0.25, 0.3) is 0 Å². The van der Waals surface area contributed by atoms with Gasteiger partial charge in [-0.25, -0.2) is 4.79 Å². The fourth-order valence-electron chi connectivity index (χ4n) is 1.18. The topological polar surface area (TPSA) is 55.4 Å². The molecule has 4 heteroatoms. The van der Waals surface area contributed by atoms with Gasteiger partial charge < -0.3 is 10.1 Å². The van der Waals surface area contributed by atoms with Crippen LogP contribution in [0.2, 0.25) is 0 Å². The Morgan fingerprint density at radius 1 is 1.58 bits per heavy atom. The molecular weight excluding hydrogens is 158 g/mol. The Bertz CT molecular complexity index is 212. The predicted molar refractivity (Wildman–Crippen MR) is 42.7 cm³/mol. The molecule has 1 N–H and O–H groups in total. The fourth-order valence-corrected chi connectivity index (χ4v) is 1.18. The van der Waals surface area contributed by atoms with E-state index in [0.29, 0.717) is 0 Å². The number of hydrogen-bond acceptors (Lipinski definition) is 3. The normalized spacial score (nSPS) is 28.5. The van der Waals surface area contributed by atoms with Crippen molar-refractivity contribution in [1.29, 1.82) is 0 Å². The molecule has 4 nitrogen and oxygen atoms in total. The van der Waals surface area contributed by atoms with Gasteiger partial charge in [0.15, 0.2) is 5.78 Å². The minimum Gasteiger partial charge on any atom is -0.444 e. The van der Waals surface area contributed by atoms with Crippen LogP contribution < -0.4 is 5.32 Å². The third-order valence-electron chi connectivity index (χ3n) is 1.91. The Morgan fingerprint density at radius 2 is 2.17 bits per heavy atom. The number of carbonyl (C=O) groups is 2. The first-order valence-corrected chi connectivity index (χ1v) is 4.03. The van der Waals surface area contributed by atoms with Crippen LogP contribution >= 0.6 is 0 Å². The minimum atomic E-state index is -0.499. The lowest BCUT2D eigenvalue weighted by atomic mass is 9.99. The van der Waals surface area contributed by atoms with E-state index in [1.807, 2.05) is 0 Å². The van der Waals surface area contributed by atoms with Crippen LogP contribution in [0.5, 0.6) is 0 Å². The van der Waals surface area contributed by atoms with E-state index in [1.165, 1.54) is 0 Å². The average molecular weight is 171 g/mol. The Hall–Kier alpha value is -1.06. The van der Waals surface area contributed by atoms with Crippen molar-refractivity contribution in [3.63, 3.8) is 0 Å². The first-order valence-electron chi connectivity index (χ1n) is 4.03. The highest BCUT2D eigenvalue weighted by Crippen LogP contribution is 2.12. The zero-order valence-electron chi connectivity index (χ0n) is 7.46. The molecule has 0 aliphatic carbocycles. The number of Topliss-reactive ketones (excluding diaryl/α,β-unsaturated/α-hetero) is 1. The number of alkyl carbamates (subject to hydrolysis) is 1. The zero-order chi connectivity index (χ0) is 9.30.